The number of nitrogens with zero attached hydrogens (tertiary/aromatic N) is 3. The van der Waals surface area contributed by atoms with Crippen molar-refractivity contribution < 1.29 is 32.2 Å². The van der Waals surface area contributed by atoms with Crippen molar-refractivity contribution in [1.29, 1.82) is 0 Å². The summed E-state index contributed by atoms with van der Waals surface area (Å²) in [5, 5.41) is 5.39. The van der Waals surface area contributed by atoms with Crippen molar-refractivity contribution in [3.63, 3.8) is 0 Å². The molecule has 0 unspecified atom stereocenters. The van der Waals surface area contributed by atoms with E-state index >= 15 is 0 Å². The number of halogens is 3. The molecule has 178 valence electrons. The number of aromatic nitrogens is 3. The molecule has 0 atom stereocenters. The number of aryl methyl sites for hydroxylation is 1. The smallest absolute Gasteiger partial charge is 0.487 e. The molecule has 4 rings (SSSR count). The third-order valence-electron chi connectivity index (χ3n) is 5.10. The maximum Gasteiger partial charge on any atom is 0.573 e. The minimum Gasteiger partial charge on any atom is -0.487 e. The summed E-state index contributed by atoms with van der Waals surface area (Å²) < 4.78 is 55.4. The Kier molecular flexibility index (Phi) is 6.49. The van der Waals surface area contributed by atoms with Gasteiger partial charge in [-0.3, -0.25) is 9.48 Å². The van der Waals surface area contributed by atoms with E-state index in [0.29, 0.717) is 23.6 Å². The fraction of sp³-hybridized carbons (Fsp3) is 0.250. The zero-order valence-electron chi connectivity index (χ0n) is 18.5. The number of ether oxygens (including phenoxy) is 3. The second-order valence-electron chi connectivity index (χ2n) is 7.47. The number of carbonyl (C=O) groups is 1. The van der Waals surface area contributed by atoms with Gasteiger partial charge in [0.25, 0.3) is 0 Å². The standard InChI is InChI=1S/C24H22F3N3O4/c1-3-32-23(31)14-30-11-10-17-6-9-20(13-22(17)30)33-15-18-12-21(28-29(18)2)16-4-7-19(8-5-16)34-24(25,26)27/h4-13H,3,14-15H2,1-2H3. The minimum atomic E-state index is -4.74. The lowest BCUT2D eigenvalue weighted by Gasteiger charge is -2.09. The van der Waals surface area contributed by atoms with Crippen LogP contribution in [0.5, 0.6) is 11.5 Å². The Morgan fingerprint density at radius 1 is 1.03 bits per heavy atom. The van der Waals surface area contributed by atoms with Gasteiger partial charge in [-0.25, -0.2) is 0 Å². The summed E-state index contributed by atoms with van der Waals surface area (Å²) in [7, 11) is 1.76. The predicted molar refractivity (Wildman–Crippen MR) is 118 cm³/mol. The van der Waals surface area contributed by atoms with E-state index in [-0.39, 0.29) is 24.9 Å². The molecule has 2 heterocycles. The number of alkyl halides is 3. The molecule has 4 aromatic rings. The second-order valence-corrected chi connectivity index (χ2v) is 7.47. The molecule has 0 amide bonds. The van der Waals surface area contributed by atoms with Gasteiger partial charge in [-0.15, -0.1) is 13.2 Å². The zero-order chi connectivity index (χ0) is 24.3. The molecule has 0 fully saturated rings. The van der Waals surface area contributed by atoms with Crippen LogP contribution >= 0.6 is 0 Å². The molecule has 2 aromatic carbocycles. The molecule has 0 N–H and O–H groups in total. The van der Waals surface area contributed by atoms with Crippen LogP contribution < -0.4 is 9.47 Å². The molecule has 0 bridgehead atoms. The van der Waals surface area contributed by atoms with E-state index in [2.05, 4.69) is 9.84 Å². The zero-order valence-corrected chi connectivity index (χ0v) is 18.5. The molecule has 34 heavy (non-hydrogen) atoms. The predicted octanol–water partition coefficient (Wildman–Crippen LogP) is 5.08. The summed E-state index contributed by atoms with van der Waals surface area (Å²) in [6.45, 7) is 2.42. The summed E-state index contributed by atoms with van der Waals surface area (Å²) in [6.07, 6.45) is -2.91. The van der Waals surface area contributed by atoms with Crippen molar-refractivity contribution in [3.8, 4) is 22.8 Å². The van der Waals surface area contributed by atoms with E-state index in [4.69, 9.17) is 9.47 Å². The third-order valence-corrected chi connectivity index (χ3v) is 5.10. The van der Waals surface area contributed by atoms with Crippen LogP contribution in [0.15, 0.2) is 60.8 Å². The summed E-state index contributed by atoms with van der Waals surface area (Å²) in [5.74, 6) is 0.0123. The average molecular weight is 473 g/mol. The maximum absolute atomic E-state index is 12.3. The van der Waals surface area contributed by atoms with Gasteiger partial charge in [-0.1, -0.05) is 0 Å². The Balaban J connectivity index is 1.45. The monoisotopic (exact) mass is 473 g/mol. The molecule has 2 aromatic heterocycles. The van der Waals surface area contributed by atoms with Crippen LogP contribution in [0.2, 0.25) is 0 Å². The van der Waals surface area contributed by atoms with Gasteiger partial charge in [0, 0.05) is 24.9 Å². The summed E-state index contributed by atoms with van der Waals surface area (Å²) in [5.41, 5.74) is 2.86. The first-order chi connectivity index (χ1) is 16.2. The Morgan fingerprint density at radius 3 is 2.47 bits per heavy atom. The van der Waals surface area contributed by atoms with Crippen LogP contribution in [0.1, 0.15) is 12.6 Å². The van der Waals surface area contributed by atoms with Crippen molar-refractivity contribution >= 4 is 16.9 Å². The number of carbonyl (C=O) groups excluding carboxylic acids is 1. The van der Waals surface area contributed by atoms with Gasteiger partial charge in [0.15, 0.2) is 0 Å². The molecule has 10 heteroatoms. The van der Waals surface area contributed by atoms with Crippen LogP contribution in [0, 0.1) is 0 Å². The van der Waals surface area contributed by atoms with E-state index < -0.39 is 6.36 Å². The van der Waals surface area contributed by atoms with Crippen molar-refractivity contribution in [2.45, 2.75) is 26.4 Å². The summed E-state index contributed by atoms with van der Waals surface area (Å²) >= 11 is 0. The van der Waals surface area contributed by atoms with Crippen molar-refractivity contribution in [2.75, 3.05) is 6.61 Å². The van der Waals surface area contributed by atoms with Gasteiger partial charge >= 0.3 is 12.3 Å². The molecule has 0 radical (unpaired) electrons. The molecular weight excluding hydrogens is 451 g/mol. The van der Waals surface area contributed by atoms with Gasteiger partial charge in [0.05, 0.1) is 23.5 Å². The molecule has 0 saturated carbocycles. The highest BCUT2D eigenvalue weighted by atomic mass is 19.4. The SMILES string of the molecule is CCOC(=O)Cn1ccc2ccc(OCc3cc(-c4ccc(OC(F)(F)F)cc4)nn3C)cc21. The first-order valence-electron chi connectivity index (χ1n) is 10.5. The molecule has 0 aliphatic rings. The summed E-state index contributed by atoms with van der Waals surface area (Å²) in [4.78, 5) is 11.8. The number of rotatable bonds is 8. The Bertz CT molecular complexity index is 1290. The normalized spacial score (nSPS) is 11.6. The quantitative estimate of drug-likeness (QED) is 0.334. The lowest BCUT2D eigenvalue weighted by Crippen LogP contribution is -2.16. The number of fused-ring (bicyclic) bond motifs is 1. The topological polar surface area (TPSA) is 67.5 Å². The van der Waals surface area contributed by atoms with Gasteiger partial charge in [-0.2, -0.15) is 5.10 Å². The number of benzene rings is 2. The van der Waals surface area contributed by atoms with Gasteiger partial charge in [0.2, 0.25) is 0 Å². The highest BCUT2D eigenvalue weighted by Crippen LogP contribution is 2.27. The highest BCUT2D eigenvalue weighted by Gasteiger charge is 2.31. The number of hydrogen-bond donors (Lipinski definition) is 0. The first kappa shape index (κ1) is 23.2. The Hall–Kier alpha value is -3.95. The molecule has 7 nitrogen and oxygen atoms in total. The lowest BCUT2D eigenvalue weighted by molar-refractivity contribution is -0.274. The molecule has 0 saturated heterocycles. The third kappa shape index (κ3) is 5.51. The lowest BCUT2D eigenvalue weighted by atomic mass is 10.1. The van der Waals surface area contributed by atoms with E-state index in [1.54, 1.807) is 23.2 Å². The van der Waals surface area contributed by atoms with E-state index in [9.17, 15) is 18.0 Å². The maximum atomic E-state index is 12.3. The fourth-order valence-corrected chi connectivity index (χ4v) is 3.50. The van der Waals surface area contributed by atoms with Crippen LogP contribution in [-0.2, 0) is 29.7 Å². The fourth-order valence-electron chi connectivity index (χ4n) is 3.50. The van der Waals surface area contributed by atoms with E-state index in [0.717, 1.165) is 16.6 Å². The van der Waals surface area contributed by atoms with Crippen molar-refractivity contribution in [1.82, 2.24) is 14.3 Å². The summed E-state index contributed by atoms with van der Waals surface area (Å²) in [6, 6.07) is 14.8. The van der Waals surface area contributed by atoms with E-state index in [1.807, 2.05) is 36.5 Å². The largest absolute Gasteiger partial charge is 0.573 e. The van der Waals surface area contributed by atoms with Gasteiger partial charge in [0.1, 0.15) is 24.7 Å². The highest BCUT2D eigenvalue weighted by molar-refractivity contribution is 5.83. The molecule has 0 spiro atoms. The Labute approximate surface area is 193 Å². The second kappa shape index (κ2) is 9.50. The van der Waals surface area contributed by atoms with Gasteiger partial charge < -0.3 is 18.8 Å². The van der Waals surface area contributed by atoms with Crippen LogP contribution in [-0.4, -0.2) is 33.3 Å². The van der Waals surface area contributed by atoms with Crippen LogP contribution in [0.3, 0.4) is 0 Å². The average Bonchev–Trinajstić information content (AvgIpc) is 3.35. The van der Waals surface area contributed by atoms with Crippen molar-refractivity contribution in [3.05, 3.63) is 66.5 Å². The van der Waals surface area contributed by atoms with Gasteiger partial charge in [-0.05, 0) is 60.8 Å². The van der Waals surface area contributed by atoms with Crippen LogP contribution in [0.4, 0.5) is 13.2 Å². The molecule has 0 aliphatic heterocycles. The number of hydrogen-bond acceptors (Lipinski definition) is 5. The van der Waals surface area contributed by atoms with Crippen molar-refractivity contribution in [2.24, 2.45) is 7.05 Å². The molecular formula is C24H22F3N3O4. The Morgan fingerprint density at radius 2 is 1.76 bits per heavy atom. The van der Waals surface area contributed by atoms with E-state index in [1.165, 1.54) is 24.3 Å². The first-order valence-corrected chi connectivity index (χ1v) is 10.5. The number of esters is 1. The minimum absolute atomic E-state index is 0.110. The molecule has 0 aliphatic carbocycles. The van der Waals surface area contributed by atoms with Crippen LogP contribution in [0.25, 0.3) is 22.2 Å².